The molecule has 0 spiro atoms. The number of amides is 2. The van der Waals surface area contributed by atoms with Crippen molar-refractivity contribution in [1.29, 1.82) is 0 Å². The summed E-state index contributed by atoms with van der Waals surface area (Å²) in [4.78, 5) is 39.8. The first-order valence-electron chi connectivity index (χ1n) is 13.9. The first-order chi connectivity index (χ1) is 20.6. The third-order valence-electron chi connectivity index (χ3n) is 7.73. The molecular formula is C33H31ClN2O6S. The van der Waals surface area contributed by atoms with E-state index < -0.39 is 16.0 Å². The fourth-order valence-electron chi connectivity index (χ4n) is 5.38. The monoisotopic (exact) mass is 618 g/mol. The number of imide groups is 1. The first kappa shape index (κ1) is 30.4. The lowest BCUT2D eigenvalue weighted by molar-refractivity contribution is 0.0599. The molecule has 10 heteroatoms. The Morgan fingerprint density at radius 3 is 2.14 bits per heavy atom. The Morgan fingerprint density at radius 2 is 1.51 bits per heavy atom. The van der Waals surface area contributed by atoms with Crippen LogP contribution in [0, 0.1) is 0 Å². The maximum Gasteiger partial charge on any atom is 0.338 e. The van der Waals surface area contributed by atoms with Gasteiger partial charge in [0.1, 0.15) is 0 Å². The molecule has 0 saturated carbocycles. The van der Waals surface area contributed by atoms with Crippen LogP contribution in [0.25, 0.3) is 11.1 Å². The van der Waals surface area contributed by atoms with Crippen LogP contribution < -0.4 is 4.72 Å². The number of hydrogen-bond acceptors (Lipinski definition) is 6. The molecule has 222 valence electrons. The Balaban J connectivity index is 1.29. The number of carbonyl (C=O) groups is 3. The van der Waals surface area contributed by atoms with Crippen molar-refractivity contribution in [1.82, 2.24) is 9.62 Å². The molecule has 2 aromatic rings. The van der Waals surface area contributed by atoms with E-state index in [-0.39, 0.29) is 35.7 Å². The summed E-state index contributed by atoms with van der Waals surface area (Å²) in [6.45, 7) is 2.45. The minimum Gasteiger partial charge on any atom is -0.465 e. The van der Waals surface area contributed by atoms with Gasteiger partial charge in [-0.2, -0.15) is 0 Å². The molecule has 5 rings (SSSR count). The average Bonchev–Trinajstić information content (AvgIpc) is 3.34. The lowest BCUT2D eigenvalue weighted by Gasteiger charge is -2.19. The highest BCUT2D eigenvalue weighted by Gasteiger charge is 2.36. The summed E-state index contributed by atoms with van der Waals surface area (Å²) in [5, 5.41) is 0.463. The number of rotatable bonds is 11. The molecule has 3 aliphatic rings. The SMILES string of the molecule is COC(=O)c1cc(CCCCNS(=O)(=O)c2ccc(Cl)cc2)c2ccc(C(C)CN3C(=O)c4ccccc4C3=O)ccc1-2. The smallest absolute Gasteiger partial charge is 0.338 e. The van der Waals surface area contributed by atoms with Crippen molar-refractivity contribution < 1.29 is 27.5 Å². The molecular weight excluding hydrogens is 588 g/mol. The van der Waals surface area contributed by atoms with Crippen LogP contribution in [-0.4, -0.2) is 51.3 Å². The maximum absolute atomic E-state index is 12.9. The fraction of sp³-hybridized carbons (Fsp3) is 0.242. The minimum absolute atomic E-state index is 0.155. The lowest BCUT2D eigenvalue weighted by Crippen LogP contribution is -2.33. The van der Waals surface area contributed by atoms with Crippen molar-refractivity contribution in [3.63, 3.8) is 0 Å². The molecule has 2 aliphatic carbocycles. The molecule has 0 saturated heterocycles. The number of methoxy groups -OCH3 is 1. The number of aryl methyl sites for hydroxylation is 1. The highest BCUT2D eigenvalue weighted by atomic mass is 35.5. The molecule has 0 radical (unpaired) electrons. The van der Waals surface area contributed by atoms with Crippen LogP contribution in [0.2, 0.25) is 5.02 Å². The zero-order valence-corrected chi connectivity index (χ0v) is 25.4. The van der Waals surface area contributed by atoms with Gasteiger partial charge < -0.3 is 4.74 Å². The second-order valence-corrected chi connectivity index (χ2v) is 12.7. The number of carbonyl (C=O) groups excluding carboxylic acids is 3. The number of fused-ring (bicyclic) bond motifs is 2. The van der Waals surface area contributed by atoms with Gasteiger partial charge in [0.05, 0.1) is 28.7 Å². The van der Waals surface area contributed by atoms with Crippen LogP contribution in [0.4, 0.5) is 0 Å². The number of esters is 1. The maximum atomic E-state index is 12.9. The molecule has 1 unspecified atom stereocenters. The lowest BCUT2D eigenvalue weighted by atomic mass is 10.0. The van der Waals surface area contributed by atoms with Gasteiger partial charge in [-0.3, -0.25) is 14.5 Å². The molecule has 1 N–H and O–H groups in total. The van der Waals surface area contributed by atoms with Crippen LogP contribution in [0.1, 0.15) is 67.9 Å². The molecule has 1 aliphatic heterocycles. The van der Waals surface area contributed by atoms with E-state index in [1.165, 1.54) is 36.3 Å². The van der Waals surface area contributed by atoms with E-state index in [0.29, 0.717) is 41.0 Å². The topological polar surface area (TPSA) is 110 Å². The Morgan fingerprint density at radius 1 is 0.884 bits per heavy atom. The Hall–Kier alpha value is -4.05. The standard InChI is InChI=1S/C33H31ClN2O6S/c1-21(20-36-31(37)28-8-3-4-9-29(28)32(36)38)22-10-16-26-23(19-30(33(39)42-2)27(26)17-11-22)7-5-6-18-35-43(40,41)25-14-12-24(34)13-15-25/h3-4,8-17,19,21,35H,5-7,18,20H2,1-2H3. The second kappa shape index (κ2) is 12.7. The Labute approximate surface area is 256 Å². The molecule has 1 heterocycles. The molecule has 2 amide bonds. The molecule has 43 heavy (non-hydrogen) atoms. The number of hydrogen-bond donors (Lipinski definition) is 1. The first-order valence-corrected chi connectivity index (χ1v) is 15.8. The van der Waals surface area contributed by atoms with Gasteiger partial charge in [-0.05, 0) is 89.9 Å². The third-order valence-corrected chi connectivity index (χ3v) is 9.46. The van der Waals surface area contributed by atoms with E-state index >= 15 is 0 Å². The zero-order chi connectivity index (χ0) is 30.7. The highest BCUT2D eigenvalue weighted by molar-refractivity contribution is 7.89. The molecule has 1 atom stereocenters. The van der Waals surface area contributed by atoms with Crippen molar-refractivity contribution in [2.75, 3.05) is 20.2 Å². The van der Waals surface area contributed by atoms with Gasteiger partial charge in [0.25, 0.3) is 11.8 Å². The Bertz CT molecular complexity index is 1740. The quantitative estimate of drug-likeness (QED) is 0.127. The molecule has 0 aromatic heterocycles. The summed E-state index contributed by atoms with van der Waals surface area (Å²) in [6.07, 6.45) is 1.90. The molecule has 0 fully saturated rings. The van der Waals surface area contributed by atoms with Gasteiger partial charge in [-0.25, -0.2) is 17.9 Å². The van der Waals surface area contributed by atoms with Crippen LogP contribution in [0.3, 0.4) is 0 Å². The molecule has 2 aromatic carbocycles. The Kier molecular flexibility index (Phi) is 8.96. The number of nitrogens with one attached hydrogen (secondary N) is 1. The van der Waals surface area contributed by atoms with Gasteiger partial charge in [0, 0.05) is 18.1 Å². The van der Waals surface area contributed by atoms with Crippen molar-refractivity contribution in [2.24, 2.45) is 0 Å². The van der Waals surface area contributed by atoms with E-state index in [1.54, 1.807) is 24.3 Å². The van der Waals surface area contributed by atoms with Gasteiger partial charge in [-0.1, -0.05) is 54.9 Å². The van der Waals surface area contributed by atoms with Gasteiger partial charge >= 0.3 is 5.97 Å². The zero-order valence-electron chi connectivity index (χ0n) is 23.8. The van der Waals surface area contributed by atoms with Crippen molar-refractivity contribution >= 4 is 39.4 Å². The third kappa shape index (κ3) is 6.34. The van der Waals surface area contributed by atoms with Crippen LogP contribution in [0.15, 0.2) is 83.8 Å². The summed E-state index contributed by atoms with van der Waals surface area (Å²) >= 11 is 5.86. The summed E-state index contributed by atoms with van der Waals surface area (Å²) in [6, 6.07) is 22.3. The average molecular weight is 619 g/mol. The predicted octanol–water partition coefficient (Wildman–Crippen LogP) is 5.93. The summed E-state index contributed by atoms with van der Waals surface area (Å²) in [7, 11) is -2.30. The second-order valence-electron chi connectivity index (χ2n) is 10.5. The number of ether oxygens (including phenoxy) is 1. The fourth-order valence-corrected chi connectivity index (χ4v) is 6.58. The van der Waals surface area contributed by atoms with E-state index in [2.05, 4.69) is 4.72 Å². The largest absolute Gasteiger partial charge is 0.465 e. The van der Waals surface area contributed by atoms with Crippen LogP contribution in [-0.2, 0) is 21.2 Å². The molecule has 8 nitrogen and oxygen atoms in total. The molecule has 0 bridgehead atoms. The van der Waals surface area contributed by atoms with E-state index in [1.807, 2.05) is 37.3 Å². The van der Waals surface area contributed by atoms with Crippen molar-refractivity contribution in [3.05, 3.63) is 112 Å². The predicted molar refractivity (Wildman–Crippen MR) is 164 cm³/mol. The van der Waals surface area contributed by atoms with Gasteiger partial charge in [-0.15, -0.1) is 0 Å². The van der Waals surface area contributed by atoms with Gasteiger partial charge in [0.15, 0.2) is 0 Å². The number of unbranched alkanes of at least 4 members (excludes halogenated alkanes) is 1. The number of benzene rings is 2. The van der Waals surface area contributed by atoms with Crippen molar-refractivity contribution in [3.8, 4) is 11.1 Å². The van der Waals surface area contributed by atoms with Crippen LogP contribution >= 0.6 is 11.6 Å². The van der Waals surface area contributed by atoms with Gasteiger partial charge in [0.2, 0.25) is 10.0 Å². The number of sulfonamides is 1. The summed E-state index contributed by atoms with van der Waals surface area (Å²) in [5.74, 6) is -1.19. The highest BCUT2D eigenvalue weighted by Crippen LogP contribution is 2.35. The van der Waals surface area contributed by atoms with E-state index in [0.717, 1.165) is 22.3 Å². The minimum atomic E-state index is -3.64. The summed E-state index contributed by atoms with van der Waals surface area (Å²) < 4.78 is 32.7. The van der Waals surface area contributed by atoms with Crippen LogP contribution in [0.5, 0.6) is 0 Å². The van der Waals surface area contributed by atoms with E-state index in [4.69, 9.17) is 16.3 Å². The number of halogens is 1. The van der Waals surface area contributed by atoms with E-state index in [9.17, 15) is 22.8 Å². The normalized spacial score (nSPS) is 13.8. The number of nitrogens with zero attached hydrogens (tertiary/aromatic N) is 1. The van der Waals surface area contributed by atoms with Crippen molar-refractivity contribution in [2.45, 2.75) is 37.0 Å². The summed E-state index contributed by atoms with van der Waals surface area (Å²) in [5.41, 5.74) is 4.78.